The molecule has 0 heterocycles. The van der Waals surface area contributed by atoms with E-state index in [4.69, 9.17) is 5.11 Å². The standard InChI is InChI=1S/C11H8Br3FO2/c1-4-8(12)5(2)10(14)6(9(4)13)3-7(15)11(16)17/h3H,1-2H3,(H,16,17). The van der Waals surface area contributed by atoms with Crippen molar-refractivity contribution in [1.82, 2.24) is 0 Å². The lowest BCUT2D eigenvalue weighted by molar-refractivity contribution is -0.134. The van der Waals surface area contributed by atoms with Crippen LogP contribution in [0.1, 0.15) is 16.7 Å². The molecule has 1 aromatic rings. The van der Waals surface area contributed by atoms with Crippen molar-refractivity contribution < 1.29 is 14.3 Å². The van der Waals surface area contributed by atoms with Crippen LogP contribution in [0.25, 0.3) is 6.08 Å². The lowest BCUT2D eigenvalue weighted by atomic mass is 10.1. The van der Waals surface area contributed by atoms with Crippen LogP contribution in [-0.4, -0.2) is 11.1 Å². The maximum Gasteiger partial charge on any atom is 0.364 e. The molecule has 0 saturated carbocycles. The van der Waals surface area contributed by atoms with Crippen LogP contribution >= 0.6 is 47.8 Å². The normalized spacial score (nSPS) is 11.8. The molecule has 0 amide bonds. The summed E-state index contributed by atoms with van der Waals surface area (Å²) in [4.78, 5) is 10.5. The number of carboxylic acids is 1. The monoisotopic (exact) mass is 428 g/mol. The number of halogens is 4. The molecule has 0 spiro atoms. The van der Waals surface area contributed by atoms with Crippen molar-refractivity contribution in [2.24, 2.45) is 0 Å². The summed E-state index contributed by atoms with van der Waals surface area (Å²) in [5.41, 5.74) is 2.24. The Morgan fingerprint density at radius 2 is 1.53 bits per heavy atom. The molecule has 0 aliphatic rings. The largest absolute Gasteiger partial charge is 0.476 e. The third-order valence-electron chi connectivity index (χ3n) is 2.27. The van der Waals surface area contributed by atoms with Crippen LogP contribution in [0, 0.1) is 13.8 Å². The second-order valence-corrected chi connectivity index (χ2v) is 5.78. The molecule has 0 aliphatic heterocycles. The van der Waals surface area contributed by atoms with Gasteiger partial charge >= 0.3 is 5.97 Å². The lowest BCUT2D eigenvalue weighted by Crippen LogP contribution is -1.97. The minimum Gasteiger partial charge on any atom is -0.476 e. The lowest BCUT2D eigenvalue weighted by Gasteiger charge is -2.12. The fourth-order valence-corrected chi connectivity index (χ4v) is 3.51. The zero-order chi connectivity index (χ0) is 13.3. The average molecular weight is 431 g/mol. The fraction of sp³-hybridized carbons (Fsp3) is 0.182. The smallest absolute Gasteiger partial charge is 0.364 e. The summed E-state index contributed by atoms with van der Waals surface area (Å²) in [6.45, 7) is 3.70. The summed E-state index contributed by atoms with van der Waals surface area (Å²) in [5, 5.41) is 8.54. The van der Waals surface area contributed by atoms with Crippen molar-refractivity contribution >= 4 is 59.8 Å². The number of benzene rings is 1. The Bertz CT molecular complexity index is 495. The average Bonchev–Trinajstić information content (AvgIpc) is 2.29. The number of carboxylic acid groups (broad SMARTS) is 1. The first-order chi connectivity index (χ1) is 7.77. The Hall–Kier alpha value is -0.200. The quantitative estimate of drug-likeness (QED) is 0.671. The molecular weight excluding hydrogens is 423 g/mol. The summed E-state index contributed by atoms with van der Waals surface area (Å²) in [7, 11) is 0. The molecule has 6 heteroatoms. The van der Waals surface area contributed by atoms with Gasteiger partial charge in [0.2, 0.25) is 5.83 Å². The number of rotatable bonds is 2. The van der Waals surface area contributed by atoms with Crippen molar-refractivity contribution in [2.45, 2.75) is 13.8 Å². The summed E-state index contributed by atoms with van der Waals surface area (Å²) in [6.07, 6.45) is 0.989. The molecule has 0 bridgehead atoms. The molecule has 0 aliphatic carbocycles. The minimum absolute atomic E-state index is 0.475. The van der Waals surface area contributed by atoms with Gasteiger partial charge in [-0.05, 0) is 62.9 Å². The first-order valence-electron chi connectivity index (χ1n) is 4.51. The zero-order valence-corrected chi connectivity index (χ0v) is 13.7. The van der Waals surface area contributed by atoms with Crippen LogP contribution in [0.3, 0.4) is 0 Å². The summed E-state index contributed by atoms with van der Waals surface area (Å²) < 4.78 is 15.3. The van der Waals surface area contributed by atoms with Crippen LogP contribution < -0.4 is 0 Å². The van der Waals surface area contributed by atoms with Gasteiger partial charge < -0.3 is 5.11 Å². The molecule has 0 saturated heterocycles. The highest BCUT2D eigenvalue weighted by Gasteiger charge is 2.16. The van der Waals surface area contributed by atoms with Gasteiger partial charge in [-0.25, -0.2) is 4.79 Å². The second kappa shape index (κ2) is 5.63. The second-order valence-electron chi connectivity index (χ2n) is 3.40. The van der Waals surface area contributed by atoms with Gasteiger partial charge in [0.25, 0.3) is 0 Å². The molecule has 0 radical (unpaired) electrons. The Labute approximate surface area is 123 Å². The highest BCUT2D eigenvalue weighted by Crippen LogP contribution is 2.39. The van der Waals surface area contributed by atoms with E-state index in [1.165, 1.54) is 0 Å². The van der Waals surface area contributed by atoms with E-state index in [0.717, 1.165) is 21.7 Å². The zero-order valence-electron chi connectivity index (χ0n) is 8.94. The summed E-state index contributed by atoms with van der Waals surface area (Å²) >= 11 is 10.1. The topological polar surface area (TPSA) is 37.3 Å². The molecule has 0 atom stereocenters. The number of carbonyl (C=O) groups is 1. The Morgan fingerprint density at radius 3 is 1.88 bits per heavy atom. The van der Waals surface area contributed by atoms with E-state index in [1.807, 2.05) is 13.8 Å². The van der Waals surface area contributed by atoms with Gasteiger partial charge in [-0.3, -0.25) is 0 Å². The summed E-state index contributed by atoms with van der Waals surface area (Å²) in [6, 6.07) is 0. The molecule has 0 unspecified atom stereocenters. The van der Waals surface area contributed by atoms with Crippen molar-refractivity contribution in [3.8, 4) is 0 Å². The third-order valence-corrected chi connectivity index (χ3v) is 5.50. The molecular formula is C11H8Br3FO2. The highest BCUT2D eigenvalue weighted by atomic mass is 79.9. The van der Waals surface area contributed by atoms with E-state index in [-0.39, 0.29) is 0 Å². The Morgan fingerprint density at radius 1 is 1.12 bits per heavy atom. The van der Waals surface area contributed by atoms with E-state index >= 15 is 0 Å². The third kappa shape index (κ3) is 2.98. The van der Waals surface area contributed by atoms with Crippen LogP contribution in [0.4, 0.5) is 4.39 Å². The fourth-order valence-electron chi connectivity index (χ4n) is 1.29. The predicted octanol–water partition coefficient (Wildman–Crippen LogP) is 4.99. The van der Waals surface area contributed by atoms with Crippen molar-refractivity contribution in [2.75, 3.05) is 0 Å². The van der Waals surface area contributed by atoms with Gasteiger partial charge in [0, 0.05) is 19.0 Å². The van der Waals surface area contributed by atoms with Crippen molar-refractivity contribution in [3.05, 3.63) is 35.9 Å². The summed E-state index contributed by atoms with van der Waals surface area (Å²) in [5.74, 6) is -2.78. The Kier molecular flexibility index (Phi) is 4.92. The van der Waals surface area contributed by atoms with E-state index in [1.54, 1.807) is 0 Å². The van der Waals surface area contributed by atoms with E-state index in [0.29, 0.717) is 14.5 Å². The maximum absolute atomic E-state index is 13.1. The molecule has 1 rings (SSSR count). The minimum atomic E-state index is -1.58. The van der Waals surface area contributed by atoms with Crippen LogP contribution in [0.15, 0.2) is 19.2 Å². The van der Waals surface area contributed by atoms with Crippen LogP contribution in [0.2, 0.25) is 0 Å². The van der Waals surface area contributed by atoms with Gasteiger partial charge in [0.1, 0.15) is 0 Å². The molecule has 2 nitrogen and oxygen atoms in total. The maximum atomic E-state index is 13.1. The molecule has 1 N–H and O–H groups in total. The van der Waals surface area contributed by atoms with Gasteiger partial charge in [-0.2, -0.15) is 4.39 Å². The first-order valence-corrected chi connectivity index (χ1v) is 6.89. The first kappa shape index (κ1) is 14.9. The van der Waals surface area contributed by atoms with E-state index in [2.05, 4.69) is 47.8 Å². The van der Waals surface area contributed by atoms with Gasteiger partial charge in [-0.15, -0.1) is 0 Å². The Balaban J connectivity index is 3.56. The number of aliphatic carboxylic acids is 1. The molecule has 0 fully saturated rings. The highest BCUT2D eigenvalue weighted by molar-refractivity contribution is 9.11. The molecule has 0 aromatic heterocycles. The molecule has 17 heavy (non-hydrogen) atoms. The van der Waals surface area contributed by atoms with Crippen LogP contribution in [-0.2, 0) is 4.79 Å². The number of hydrogen-bond donors (Lipinski definition) is 1. The SMILES string of the molecule is Cc1c(Br)c(C)c(Br)c(C=C(F)C(=O)O)c1Br. The molecule has 92 valence electrons. The van der Waals surface area contributed by atoms with Crippen molar-refractivity contribution in [1.29, 1.82) is 0 Å². The number of hydrogen-bond acceptors (Lipinski definition) is 1. The predicted molar refractivity (Wildman–Crippen MR) is 75.7 cm³/mol. The van der Waals surface area contributed by atoms with Crippen LogP contribution in [0.5, 0.6) is 0 Å². The van der Waals surface area contributed by atoms with Gasteiger partial charge in [0.05, 0.1) is 0 Å². The molecule has 1 aromatic carbocycles. The van der Waals surface area contributed by atoms with E-state index < -0.39 is 11.8 Å². The van der Waals surface area contributed by atoms with Gasteiger partial charge in [-0.1, -0.05) is 15.9 Å². The van der Waals surface area contributed by atoms with Crippen molar-refractivity contribution in [3.63, 3.8) is 0 Å². The van der Waals surface area contributed by atoms with Gasteiger partial charge in [0.15, 0.2) is 0 Å². The van der Waals surface area contributed by atoms with E-state index in [9.17, 15) is 9.18 Å².